The summed E-state index contributed by atoms with van der Waals surface area (Å²) in [5, 5.41) is 56.7. The number of allylic oxidation sites excluding steroid dienone is 15. The molecule has 11 heteroatoms. The Morgan fingerprint density at radius 3 is 1.64 bits per heavy atom. The number of hydrogen-bond acceptors (Lipinski definition) is 10. The van der Waals surface area contributed by atoms with Crippen molar-refractivity contribution in [1.29, 1.82) is 0 Å². The zero-order valence-corrected chi connectivity index (χ0v) is 45.3. The topological polar surface area (TPSA) is 175 Å². The van der Waals surface area contributed by atoms with Crippen molar-refractivity contribution < 1.29 is 49.3 Å². The van der Waals surface area contributed by atoms with Gasteiger partial charge < -0.3 is 45.1 Å². The van der Waals surface area contributed by atoms with Gasteiger partial charge in [0.2, 0.25) is 5.91 Å². The predicted molar refractivity (Wildman–Crippen MR) is 296 cm³/mol. The van der Waals surface area contributed by atoms with Gasteiger partial charge in [0.15, 0.2) is 12.4 Å². The number of carbonyl (C=O) groups excluding carboxylic acids is 2. The number of nitrogens with one attached hydrogen (secondary N) is 1. The van der Waals surface area contributed by atoms with E-state index in [0.29, 0.717) is 12.8 Å². The Labute approximate surface area is 437 Å². The van der Waals surface area contributed by atoms with Crippen LogP contribution in [0, 0.1) is 0 Å². The summed E-state index contributed by atoms with van der Waals surface area (Å²) in [6.45, 7) is 5.56. The van der Waals surface area contributed by atoms with E-state index in [0.717, 1.165) is 103 Å². The molecule has 1 rings (SSSR count). The second kappa shape index (κ2) is 48.5. The van der Waals surface area contributed by atoms with Gasteiger partial charge in [-0.2, -0.15) is 0 Å². The fourth-order valence-electron chi connectivity index (χ4n) is 8.22. The molecule has 11 nitrogen and oxygen atoms in total. The van der Waals surface area contributed by atoms with Gasteiger partial charge in [0.1, 0.15) is 24.4 Å². The van der Waals surface area contributed by atoms with Crippen molar-refractivity contribution in [3.63, 3.8) is 0 Å². The number of hydrogen-bond donors (Lipinski definition) is 6. The first-order valence-corrected chi connectivity index (χ1v) is 28.5. The lowest BCUT2D eigenvalue weighted by Crippen LogP contribution is -2.61. The molecular weight excluding hydrogens is 907 g/mol. The van der Waals surface area contributed by atoms with Gasteiger partial charge in [-0.15, -0.1) is 0 Å². The number of ether oxygens (including phenoxy) is 3. The molecule has 8 unspecified atom stereocenters. The zero-order chi connectivity index (χ0) is 52.5. The van der Waals surface area contributed by atoms with Crippen LogP contribution in [0.2, 0.25) is 0 Å². The first kappa shape index (κ1) is 66.6. The number of unbranched alkanes of at least 4 members (excludes halogenated alkanes) is 20. The largest absolute Gasteiger partial charge is 0.454 e. The highest BCUT2D eigenvalue weighted by Gasteiger charge is 2.47. The van der Waals surface area contributed by atoms with Crippen molar-refractivity contribution in [3.8, 4) is 0 Å². The van der Waals surface area contributed by atoms with Gasteiger partial charge >= 0.3 is 5.97 Å². The average molecular weight is 1010 g/mol. The molecule has 0 aromatic carbocycles. The SMILES string of the molecule is CC/C=C/C=C/C=C\CCCCCCCC(=O)OC1C(OCC(NC(=O)C(O)CCCC/C=C\C/C=C\C/C=C\C/C=C\CCCCC)C(O)/C=C/CCCCCCCCCCCC)OC(CO)C(O)C1O. The lowest BCUT2D eigenvalue weighted by Gasteiger charge is -2.41. The molecule has 412 valence electrons. The summed E-state index contributed by atoms with van der Waals surface area (Å²) in [7, 11) is 0. The average Bonchev–Trinajstić information content (AvgIpc) is 3.38. The standard InChI is InChI=1S/C61H103NO10/c1-4-7-10-13-16-19-22-25-26-27-28-29-31-33-36-39-42-45-48-54(65)60(69)62-52(53(64)47-44-41-38-35-32-24-21-18-15-12-9-6-3)51-70-61-59(58(68)57(67)55(50-63)71-61)72-56(66)49-46-43-40-37-34-30-23-20-17-14-11-8-5-2/h8,11,14,16-17,19-20,23,25-26,28-29,33,36,44,47,52-55,57-59,61,63-65,67-68H,4-7,9-10,12-13,15,18,21-22,24,27,30-32,34-35,37-43,45-46,48-51H2,1-3H3,(H,62,69)/b11-8+,17-14+,19-16-,23-20-,26-25-,29-28-,36-33-,47-44+. The quantitative estimate of drug-likeness (QED) is 0.0149. The van der Waals surface area contributed by atoms with Gasteiger partial charge in [0, 0.05) is 6.42 Å². The van der Waals surface area contributed by atoms with Crippen LogP contribution in [-0.4, -0.2) is 99.6 Å². The summed E-state index contributed by atoms with van der Waals surface area (Å²) < 4.78 is 17.5. The van der Waals surface area contributed by atoms with Crippen LogP contribution in [0.4, 0.5) is 0 Å². The van der Waals surface area contributed by atoms with Gasteiger partial charge in [-0.05, 0) is 89.9 Å². The Morgan fingerprint density at radius 1 is 0.569 bits per heavy atom. The predicted octanol–water partition coefficient (Wildman–Crippen LogP) is 12.8. The molecule has 6 N–H and O–H groups in total. The molecule has 1 aliphatic rings. The van der Waals surface area contributed by atoms with Crippen LogP contribution < -0.4 is 5.32 Å². The van der Waals surface area contributed by atoms with Gasteiger partial charge in [-0.1, -0.05) is 214 Å². The minimum Gasteiger partial charge on any atom is -0.454 e. The zero-order valence-electron chi connectivity index (χ0n) is 45.3. The lowest BCUT2D eigenvalue weighted by atomic mass is 9.99. The molecule has 8 atom stereocenters. The highest BCUT2D eigenvalue weighted by atomic mass is 16.7. The number of esters is 1. The molecule has 72 heavy (non-hydrogen) atoms. The molecule has 0 saturated carbocycles. The third kappa shape index (κ3) is 36.5. The molecule has 1 heterocycles. The van der Waals surface area contributed by atoms with E-state index in [1.807, 2.05) is 24.3 Å². The molecule has 0 aliphatic carbocycles. The Bertz CT molecular complexity index is 1530. The van der Waals surface area contributed by atoms with Crippen LogP contribution in [-0.2, 0) is 23.8 Å². The Hall–Kier alpha value is -3.42. The monoisotopic (exact) mass is 1010 g/mol. The minimum absolute atomic E-state index is 0.0914. The third-order valence-electron chi connectivity index (χ3n) is 12.8. The van der Waals surface area contributed by atoms with E-state index in [1.54, 1.807) is 6.08 Å². The fraction of sp³-hybridized carbons (Fsp3) is 0.705. The molecule has 1 amide bonds. The van der Waals surface area contributed by atoms with Gasteiger partial charge in [0.05, 0.1) is 25.4 Å². The smallest absolute Gasteiger partial charge is 0.306 e. The van der Waals surface area contributed by atoms with Crippen LogP contribution in [0.3, 0.4) is 0 Å². The summed E-state index contributed by atoms with van der Waals surface area (Å²) in [6.07, 6.45) is 53.1. The van der Waals surface area contributed by atoms with E-state index >= 15 is 0 Å². The second-order valence-electron chi connectivity index (χ2n) is 19.3. The number of aliphatic hydroxyl groups is 5. The van der Waals surface area contributed by atoms with E-state index in [9.17, 15) is 35.1 Å². The van der Waals surface area contributed by atoms with E-state index in [2.05, 4.69) is 92.9 Å². The van der Waals surface area contributed by atoms with Gasteiger partial charge in [0.25, 0.3) is 0 Å². The highest BCUT2D eigenvalue weighted by Crippen LogP contribution is 2.26. The van der Waals surface area contributed by atoms with Crippen molar-refractivity contribution in [3.05, 3.63) is 97.2 Å². The van der Waals surface area contributed by atoms with E-state index in [-0.39, 0.29) is 19.4 Å². The summed E-state index contributed by atoms with van der Waals surface area (Å²) in [5.41, 5.74) is 0. The van der Waals surface area contributed by atoms with Crippen molar-refractivity contribution in [1.82, 2.24) is 5.32 Å². The van der Waals surface area contributed by atoms with Crippen molar-refractivity contribution in [2.45, 2.75) is 262 Å². The van der Waals surface area contributed by atoms with E-state index in [4.69, 9.17) is 14.2 Å². The summed E-state index contributed by atoms with van der Waals surface area (Å²) in [4.78, 5) is 26.4. The van der Waals surface area contributed by atoms with Gasteiger partial charge in [-0.25, -0.2) is 0 Å². The number of carbonyl (C=O) groups is 2. The minimum atomic E-state index is -1.63. The van der Waals surface area contributed by atoms with Gasteiger partial charge in [-0.3, -0.25) is 9.59 Å². The molecule has 0 aromatic heterocycles. The third-order valence-corrected chi connectivity index (χ3v) is 12.8. The van der Waals surface area contributed by atoms with Crippen molar-refractivity contribution in [2.24, 2.45) is 0 Å². The molecule has 0 aromatic rings. The fourth-order valence-corrected chi connectivity index (χ4v) is 8.22. The van der Waals surface area contributed by atoms with Crippen molar-refractivity contribution in [2.75, 3.05) is 13.2 Å². The number of aliphatic hydroxyl groups excluding tert-OH is 5. The molecule has 0 spiro atoms. The molecule has 1 saturated heterocycles. The van der Waals surface area contributed by atoms with E-state index in [1.165, 1.54) is 64.2 Å². The normalized spacial score (nSPS) is 20.2. The van der Waals surface area contributed by atoms with Crippen LogP contribution in [0.25, 0.3) is 0 Å². The van der Waals surface area contributed by atoms with Crippen molar-refractivity contribution >= 4 is 11.9 Å². The van der Waals surface area contributed by atoms with E-state index < -0.39 is 67.4 Å². The highest BCUT2D eigenvalue weighted by molar-refractivity contribution is 5.80. The summed E-state index contributed by atoms with van der Waals surface area (Å²) >= 11 is 0. The second-order valence-corrected chi connectivity index (χ2v) is 19.3. The molecule has 1 fully saturated rings. The van der Waals surface area contributed by atoms with Crippen LogP contribution in [0.1, 0.15) is 213 Å². The summed E-state index contributed by atoms with van der Waals surface area (Å²) in [5.74, 6) is -1.26. The maximum atomic E-state index is 13.4. The Kier molecular flexibility index (Phi) is 44.9. The summed E-state index contributed by atoms with van der Waals surface area (Å²) in [6, 6.07) is -1.05. The lowest BCUT2D eigenvalue weighted by molar-refractivity contribution is -0.305. The molecular formula is C61H103NO10. The Morgan fingerprint density at radius 2 is 1.06 bits per heavy atom. The van der Waals surface area contributed by atoms with Crippen LogP contribution in [0.5, 0.6) is 0 Å². The van der Waals surface area contributed by atoms with Crippen LogP contribution in [0.15, 0.2) is 97.2 Å². The molecule has 1 aliphatic heterocycles. The molecule has 0 radical (unpaired) electrons. The number of rotatable bonds is 46. The first-order valence-electron chi connectivity index (χ1n) is 28.5. The maximum absolute atomic E-state index is 13.4. The molecule has 0 bridgehead atoms. The first-order chi connectivity index (χ1) is 35.2. The van der Waals surface area contributed by atoms with Crippen LogP contribution >= 0.6 is 0 Å². The Balaban J connectivity index is 2.78. The number of amides is 1. The maximum Gasteiger partial charge on any atom is 0.306 e.